The highest BCUT2D eigenvalue weighted by Crippen LogP contribution is 2.30. The molecular weight excluding hydrogens is 415 g/mol. The fourth-order valence-corrected chi connectivity index (χ4v) is 3.07. The topological polar surface area (TPSA) is 95.6 Å². The van der Waals surface area contributed by atoms with Crippen molar-refractivity contribution in [2.24, 2.45) is 0 Å². The molecule has 0 aromatic heterocycles. The van der Waals surface area contributed by atoms with Crippen molar-refractivity contribution in [2.75, 3.05) is 10.6 Å². The number of nitrogens with one attached hydrogen (secondary N) is 2. The highest BCUT2D eigenvalue weighted by atomic mass is 19.4. The molecule has 0 bridgehead atoms. The summed E-state index contributed by atoms with van der Waals surface area (Å²) in [5.41, 5.74) is -0.399. The van der Waals surface area contributed by atoms with Crippen LogP contribution >= 0.6 is 0 Å². The summed E-state index contributed by atoms with van der Waals surface area (Å²) in [4.78, 5) is 49.9. The molecule has 1 aliphatic heterocycles. The van der Waals surface area contributed by atoms with Gasteiger partial charge in [-0.05, 0) is 57.2 Å². The highest BCUT2D eigenvalue weighted by Gasteiger charge is 2.42. The van der Waals surface area contributed by atoms with Crippen molar-refractivity contribution < 1.29 is 32.3 Å². The number of hydrogen-bond donors (Lipinski definition) is 2. The molecule has 1 heterocycles. The molecule has 0 aliphatic carbocycles. The highest BCUT2D eigenvalue weighted by molar-refractivity contribution is 6.22. The van der Waals surface area contributed by atoms with Crippen LogP contribution in [-0.4, -0.2) is 40.2 Å². The molecule has 0 saturated carbocycles. The number of rotatable bonds is 3. The quantitative estimate of drug-likeness (QED) is 0.719. The lowest BCUT2D eigenvalue weighted by atomic mass is 10.1. The van der Waals surface area contributed by atoms with Gasteiger partial charge >= 0.3 is 12.1 Å². The summed E-state index contributed by atoms with van der Waals surface area (Å²) in [6, 6.07) is 9.23. The molecule has 0 fully saturated rings. The van der Waals surface area contributed by atoms with Crippen molar-refractivity contribution >= 4 is 35.0 Å². The molecule has 0 atom stereocenters. The molecule has 0 spiro atoms. The molecule has 2 aromatic rings. The molecule has 1 aliphatic rings. The van der Waals surface area contributed by atoms with Gasteiger partial charge in [0.1, 0.15) is 0 Å². The molecule has 4 amide bonds. The van der Waals surface area contributed by atoms with E-state index in [4.69, 9.17) is 0 Å². The predicted octanol–water partition coefficient (Wildman–Crippen LogP) is 3.83. The second-order valence-electron chi connectivity index (χ2n) is 7.86. The van der Waals surface area contributed by atoms with Crippen LogP contribution in [0, 0.1) is 0 Å². The van der Waals surface area contributed by atoms with Crippen molar-refractivity contribution in [3.63, 3.8) is 0 Å². The zero-order chi connectivity index (χ0) is 23.1. The molecule has 3 rings (SSSR count). The Morgan fingerprint density at radius 1 is 0.839 bits per heavy atom. The van der Waals surface area contributed by atoms with Gasteiger partial charge < -0.3 is 10.6 Å². The Labute approximate surface area is 175 Å². The third-order valence-electron chi connectivity index (χ3n) is 4.46. The first-order valence-corrected chi connectivity index (χ1v) is 9.11. The number of benzene rings is 2. The van der Waals surface area contributed by atoms with Gasteiger partial charge in [0.2, 0.25) is 0 Å². The van der Waals surface area contributed by atoms with E-state index in [0.717, 1.165) is 11.0 Å². The van der Waals surface area contributed by atoms with Crippen molar-refractivity contribution in [2.45, 2.75) is 32.5 Å². The summed E-state index contributed by atoms with van der Waals surface area (Å²) in [5.74, 6) is -3.75. The standard InChI is InChI=1S/C21H18F3N3O4/c1-20(2,3)27-17(29)14-8-7-11(9-15(14)18(27)30)16(28)25-12-5-4-6-13(10-12)26-19(31)21(22,23)24/h4-10H,1-3H3,(H,25,28)(H,26,31). The molecule has 2 aromatic carbocycles. The van der Waals surface area contributed by atoms with Crippen LogP contribution in [0.1, 0.15) is 51.8 Å². The Morgan fingerprint density at radius 2 is 1.42 bits per heavy atom. The van der Waals surface area contributed by atoms with E-state index in [-0.39, 0.29) is 28.1 Å². The summed E-state index contributed by atoms with van der Waals surface area (Å²) < 4.78 is 37.2. The maximum atomic E-state index is 12.7. The van der Waals surface area contributed by atoms with Crippen LogP contribution in [0.25, 0.3) is 0 Å². The maximum Gasteiger partial charge on any atom is 0.471 e. The minimum absolute atomic E-state index is 0.0837. The van der Waals surface area contributed by atoms with Crippen LogP contribution in [0.4, 0.5) is 24.5 Å². The van der Waals surface area contributed by atoms with Gasteiger partial charge in [0.05, 0.1) is 11.1 Å². The lowest BCUT2D eigenvalue weighted by molar-refractivity contribution is -0.167. The van der Waals surface area contributed by atoms with Gasteiger partial charge in [0.15, 0.2) is 0 Å². The van der Waals surface area contributed by atoms with Gasteiger partial charge in [0, 0.05) is 22.5 Å². The minimum Gasteiger partial charge on any atom is -0.322 e. The number of hydrogen-bond acceptors (Lipinski definition) is 4. The van der Waals surface area contributed by atoms with Gasteiger partial charge in [-0.15, -0.1) is 0 Å². The summed E-state index contributed by atoms with van der Waals surface area (Å²) >= 11 is 0. The van der Waals surface area contributed by atoms with Crippen LogP contribution < -0.4 is 10.6 Å². The normalized spacial score (nSPS) is 13.8. The summed E-state index contributed by atoms with van der Waals surface area (Å²) in [7, 11) is 0. The Morgan fingerprint density at radius 3 is 2.00 bits per heavy atom. The second kappa shape index (κ2) is 7.53. The van der Waals surface area contributed by atoms with E-state index >= 15 is 0 Å². The van der Waals surface area contributed by atoms with Crippen LogP contribution in [-0.2, 0) is 4.79 Å². The number of anilines is 2. The lowest BCUT2D eigenvalue weighted by Crippen LogP contribution is -2.45. The molecule has 10 heteroatoms. The van der Waals surface area contributed by atoms with Crippen LogP contribution in [0.3, 0.4) is 0 Å². The number of carbonyl (C=O) groups is 4. The molecule has 162 valence electrons. The smallest absolute Gasteiger partial charge is 0.322 e. The number of nitrogens with zero attached hydrogens (tertiary/aromatic N) is 1. The number of imide groups is 1. The number of alkyl halides is 3. The Hall–Kier alpha value is -3.69. The Balaban J connectivity index is 1.80. The van der Waals surface area contributed by atoms with Gasteiger partial charge in [-0.1, -0.05) is 6.07 Å². The van der Waals surface area contributed by atoms with Crippen LogP contribution in [0.15, 0.2) is 42.5 Å². The first-order chi connectivity index (χ1) is 14.3. The predicted molar refractivity (Wildman–Crippen MR) is 106 cm³/mol. The fraction of sp³-hybridized carbons (Fsp3) is 0.238. The van der Waals surface area contributed by atoms with E-state index < -0.39 is 35.3 Å². The minimum atomic E-state index is -5.05. The molecular formula is C21H18F3N3O4. The van der Waals surface area contributed by atoms with Gasteiger partial charge in [0.25, 0.3) is 17.7 Å². The third-order valence-corrected chi connectivity index (χ3v) is 4.46. The average Bonchev–Trinajstić information content (AvgIpc) is 2.91. The van der Waals surface area contributed by atoms with Crippen LogP contribution in [0.2, 0.25) is 0 Å². The largest absolute Gasteiger partial charge is 0.471 e. The average molecular weight is 433 g/mol. The molecule has 31 heavy (non-hydrogen) atoms. The molecule has 7 nitrogen and oxygen atoms in total. The van der Waals surface area contributed by atoms with E-state index in [9.17, 15) is 32.3 Å². The molecule has 0 saturated heterocycles. The summed E-state index contributed by atoms with van der Waals surface area (Å²) in [6.07, 6.45) is -5.05. The van der Waals surface area contributed by atoms with E-state index in [2.05, 4.69) is 5.32 Å². The van der Waals surface area contributed by atoms with Crippen molar-refractivity contribution in [1.29, 1.82) is 0 Å². The molecule has 0 radical (unpaired) electrons. The Bertz CT molecular complexity index is 1100. The molecule has 2 N–H and O–H groups in total. The SMILES string of the molecule is CC(C)(C)N1C(=O)c2ccc(C(=O)Nc3cccc(NC(=O)C(F)(F)F)c3)cc2C1=O. The second-order valence-corrected chi connectivity index (χ2v) is 7.86. The van der Waals surface area contributed by atoms with E-state index in [1.807, 2.05) is 0 Å². The Kier molecular flexibility index (Phi) is 5.35. The first kappa shape index (κ1) is 22.0. The van der Waals surface area contributed by atoms with E-state index in [1.165, 1.54) is 36.4 Å². The van der Waals surface area contributed by atoms with Crippen LogP contribution in [0.5, 0.6) is 0 Å². The van der Waals surface area contributed by atoms with Gasteiger partial charge in [-0.2, -0.15) is 13.2 Å². The van der Waals surface area contributed by atoms with Crippen molar-refractivity contribution in [3.8, 4) is 0 Å². The van der Waals surface area contributed by atoms with Gasteiger partial charge in [-0.3, -0.25) is 24.1 Å². The van der Waals surface area contributed by atoms with Gasteiger partial charge in [-0.25, -0.2) is 0 Å². The summed E-state index contributed by atoms with van der Waals surface area (Å²) in [6.45, 7) is 5.15. The number of fused-ring (bicyclic) bond motifs is 1. The number of amides is 4. The summed E-state index contributed by atoms with van der Waals surface area (Å²) in [5, 5.41) is 4.18. The molecule has 0 unspecified atom stereocenters. The fourth-order valence-electron chi connectivity index (χ4n) is 3.07. The van der Waals surface area contributed by atoms with Crippen molar-refractivity contribution in [1.82, 2.24) is 4.90 Å². The third kappa shape index (κ3) is 4.42. The number of carbonyl (C=O) groups excluding carboxylic acids is 4. The van der Waals surface area contributed by atoms with E-state index in [1.54, 1.807) is 26.1 Å². The lowest BCUT2D eigenvalue weighted by Gasteiger charge is -2.29. The first-order valence-electron chi connectivity index (χ1n) is 9.11. The monoisotopic (exact) mass is 433 g/mol. The zero-order valence-corrected chi connectivity index (χ0v) is 16.8. The zero-order valence-electron chi connectivity index (χ0n) is 16.8. The van der Waals surface area contributed by atoms with Crippen molar-refractivity contribution in [3.05, 3.63) is 59.2 Å². The van der Waals surface area contributed by atoms with E-state index in [0.29, 0.717) is 0 Å². The number of halogens is 3. The maximum absolute atomic E-state index is 12.7.